The third-order valence-corrected chi connectivity index (χ3v) is 2.89. The summed E-state index contributed by atoms with van der Waals surface area (Å²) < 4.78 is 0. The Morgan fingerprint density at radius 1 is 1.15 bits per heavy atom. The quantitative estimate of drug-likeness (QED) is 0.862. The zero-order valence-corrected chi connectivity index (χ0v) is 10.7. The van der Waals surface area contributed by atoms with E-state index in [2.05, 4.69) is 5.92 Å². The number of carbonyl (C=O) groups is 2. The first-order valence-electron chi connectivity index (χ1n) is 6.05. The smallest absolute Gasteiger partial charge is 0.323 e. The summed E-state index contributed by atoms with van der Waals surface area (Å²) in [6, 6.07) is 12.9. The van der Waals surface area contributed by atoms with Crippen LogP contribution in [0, 0.1) is 12.3 Å². The number of terminal acetylenes is 1. The third-order valence-electron chi connectivity index (χ3n) is 2.89. The van der Waals surface area contributed by atoms with E-state index >= 15 is 0 Å². The lowest BCUT2D eigenvalue weighted by Gasteiger charge is -2.18. The fourth-order valence-electron chi connectivity index (χ4n) is 1.98. The summed E-state index contributed by atoms with van der Waals surface area (Å²) in [7, 11) is 0. The van der Waals surface area contributed by atoms with Gasteiger partial charge in [-0.05, 0) is 22.9 Å². The topological polar surface area (TPSA) is 57.6 Å². The van der Waals surface area contributed by atoms with E-state index < -0.39 is 12.5 Å². The molecule has 0 aliphatic heterocycles. The number of hydrogen-bond donors (Lipinski definition) is 1. The van der Waals surface area contributed by atoms with Gasteiger partial charge >= 0.3 is 5.97 Å². The van der Waals surface area contributed by atoms with Crippen LogP contribution in [0.25, 0.3) is 10.8 Å². The van der Waals surface area contributed by atoms with Gasteiger partial charge in [0.2, 0.25) is 0 Å². The zero-order valence-electron chi connectivity index (χ0n) is 10.7. The van der Waals surface area contributed by atoms with Crippen molar-refractivity contribution >= 4 is 22.6 Å². The second-order valence-corrected chi connectivity index (χ2v) is 4.32. The molecular weight excluding hydrogens is 254 g/mol. The Hall–Kier alpha value is -2.80. The number of benzene rings is 2. The standard InChI is InChI=1S/C16H13NO3/c1-2-9-17(11-15(18)19)16(20)14-8-7-12-5-3-4-6-13(12)10-14/h1,3-8,10H,9,11H2,(H,18,19). The summed E-state index contributed by atoms with van der Waals surface area (Å²) in [5.41, 5.74) is 0.431. The van der Waals surface area contributed by atoms with Crippen LogP contribution in [0.1, 0.15) is 10.4 Å². The summed E-state index contributed by atoms with van der Waals surface area (Å²) in [4.78, 5) is 24.2. The van der Waals surface area contributed by atoms with Gasteiger partial charge in [-0.2, -0.15) is 0 Å². The van der Waals surface area contributed by atoms with Gasteiger partial charge in [-0.3, -0.25) is 9.59 Å². The van der Waals surface area contributed by atoms with Gasteiger partial charge in [0.25, 0.3) is 5.91 Å². The molecule has 0 saturated carbocycles. The number of fused-ring (bicyclic) bond motifs is 1. The summed E-state index contributed by atoms with van der Waals surface area (Å²) in [6.45, 7) is -0.437. The maximum absolute atomic E-state index is 12.3. The van der Waals surface area contributed by atoms with Crippen LogP contribution >= 0.6 is 0 Å². The van der Waals surface area contributed by atoms with E-state index in [9.17, 15) is 9.59 Å². The first-order chi connectivity index (χ1) is 9.61. The number of carboxylic acids is 1. The molecule has 0 atom stereocenters. The van der Waals surface area contributed by atoms with E-state index in [-0.39, 0.29) is 12.5 Å². The molecule has 0 aromatic heterocycles. The lowest BCUT2D eigenvalue weighted by Crippen LogP contribution is -2.35. The minimum absolute atomic E-state index is 0.0298. The molecule has 0 fully saturated rings. The second-order valence-electron chi connectivity index (χ2n) is 4.32. The molecule has 1 N–H and O–H groups in total. The average molecular weight is 267 g/mol. The minimum Gasteiger partial charge on any atom is -0.480 e. The molecule has 0 aliphatic carbocycles. The maximum atomic E-state index is 12.3. The molecule has 0 unspecified atom stereocenters. The van der Waals surface area contributed by atoms with Crippen molar-refractivity contribution in [3.05, 3.63) is 48.0 Å². The van der Waals surface area contributed by atoms with Crippen molar-refractivity contribution in [2.75, 3.05) is 13.1 Å². The summed E-state index contributed by atoms with van der Waals surface area (Å²) in [6.07, 6.45) is 5.17. The van der Waals surface area contributed by atoms with Crippen LogP contribution in [0.3, 0.4) is 0 Å². The maximum Gasteiger partial charge on any atom is 0.323 e. The van der Waals surface area contributed by atoms with Gasteiger partial charge in [0.1, 0.15) is 6.54 Å². The number of carboxylic acid groups (broad SMARTS) is 1. The molecule has 0 bridgehead atoms. The predicted molar refractivity (Wildman–Crippen MR) is 76.3 cm³/mol. The van der Waals surface area contributed by atoms with Gasteiger partial charge in [-0.1, -0.05) is 36.3 Å². The highest BCUT2D eigenvalue weighted by Crippen LogP contribution is 2.16. The lowest BCUT2D eigenvalue weighted by molar-refractivity contribution is -0.137. The Labute approximate surface area is 116 Å². The van der Waals surface area contributed by atoms with Crippen LogP contribution in [-0.4, -0.2) is 35.0 Å². The van der Waals surface area contributed by atoms with Gasteiger partial charge < -0.3 is 10.0 Å². The van der Waals surface area contributed by atoms with Crippen molar-refractivity contribution in [3.8, 4) is 12.3 Å². The van der Waals surface area contributed by atoms with Crippen LogP contribution < -0.4 is 0 Å². The van der Waals surface area contributed by atoms with Crippen molar-refractivity contribution in [1.82, 2.24) is 4.90 Å². The molecule has 0 saturated heterocycles. The fraction of sp³-hybridized carbons (Fsp3) is 0.125. The van der Waals surface area contributed by atoms with Crippen molar-refractivity contribution in [1.29, 1.82) is 0 Å². The molecule has 0 aliphatic rings. The molecule has 0 spiro atoms. The number of nitrogens with zero attached hydrogens (tertiary/aromatic N) is 1. The number of hydrogen-bond acceptors (Lipinski definition) is 2. The molecule has 1 amide bonds. The van der Waals surface area contributed by atoms with Crippen molar-refractivity contribution in [3.63, 3.8) is 0 Å². The van der Waals surface area contributed by atoms with Crippen molar-refractivity contribution in [2.45, 2.75) is 0 Å². The van der Waals surface area contributed by atoms with E-state index in [1.165, 1.54) is 0 Å². The number of carbonyl (C=O) groups excluding carboxylic acids is 1. The predicted octanol–water partition coefficient (Wildman–Crippen LogP) is 2.00. The highest BCUT2D eigenvalue weighted by atomic mass is 16.4. The Bertz CT molecular complexity index is 700. The number of aliphatic carboxylic acids is 1. The van der Waals surface area contributed by atoms with Gasteiger partial charge in [-0.15, -0.1) is 6.42 Å². The Kier molecular flexibility index (Phi) is 4.02. The van der Waals surface area contributed by atoms with Crippen LogP contribution in [0.15, 0.2) is 42.5 Å². The van der Waals surface area contributed by atoms with Crippen molar-refractivity contribution in [2.24, 2.45) is 0 Å². The molecule has 4 heteroatoms. The first-order valence-corrected chi connectivity index (χ1v) is 6.05. The second kappa shape index (κ2) is 5.89. The van der Waals surface area contributed by atoms with Gasteiger partial charge in [-0.25, -0.2) is 0 Å². The van der Waals surface area contributed by atoms with Crippen LogP contribution in [0.2, 0.25) is 0 Å². The Morgan fingerprint density at radius 2 is 1.85 bits per heavy atom. The molecular formula is C16H13NO3. The van der Waals surface area contributed by atoms with Crippen molar-refractivity contribution < 1.29 is 14.7 Å². The van der Waals surface area contributed by atoms with Crippen LogP contribution in [0.5, 0.6) is 0 Å². The molecule has 4 nitrogen and oxygen atoms in total. The monoisotopic (exact) mass is 267 g/mol. The molecule has 20 heavy (non-hydrogen) atoms. The van der Waals surface area contributed by atoms with Gasteiger partial charge in [0.15, 0.2) is 0 Å². The van der Waals surface area contributed by atoms with Gasteiger partial charge in [0.05, 0.1) is 6.54 Å². The SMILES string of the molecule is C#CCN(CC(=O)O)C(=O)c1ccc2ccccc2c1. The Balaban J connectivity index is 2.33. The number of amides is 1. The fourth-order valence-corrected chi connectivity index (χ4v) is 1.98. The largest absolute Gasteiger partial charge is 0.480 e. The third kappa shape index (κ3) is 2.96. The molecule has 2 rings (SSSR count). The average Bonchev–Trinajstić information content (AvgIpc) is 2.45. The summed E-state index contributed by atoms with van der Waals surface area (Å²) in [5, 5.41) is 10.8. The van der Waals surface area contributed by atoms with E-state index in [0.29, 0.717) is 5.56 Å². The van der Waals surface area contributed by atoms with Crippen LogP contribution in [-0.2, 0) is 4.79 Å². The lowest BCUT2D eigenvalue weighted by atomic mass is 10.1. The normalized spacial score (nSPS) is 9.95. The molecule has 2 aromatic carbocycles. The van der Waals surface area contributed by atoms with E-state index in [1.54, 1.807) is 12.1 Å². The van der Waals surface area contributed by atoms with Crippen LogP contribution in [0.4, 0.5) is 0 Å². The number of rotatable bonds is 4. The zero-order chi connectivity index (χ0) is 14.5. The summed E-state index contributed by atoms with van der Waals surface area (Å²) in [5.74, 6) is 0.836. The van der Waals surface area contributed by atoms with Gasteiger partial charge in [0, 0.05) is 5.56 Å². The first kappa shape index (κ1) is 13.6. The molecule has 2 aromatic rings. The van der Waals surface area contributed by atoms with E-state index in [4.69, 9.17) is 11.5 Å². The molecule has 100 valence electrons. The van der Waals surface area contributed by atoms with E-state index in [0.717, 1.165) is 15.7 Å². The molecule has 0 heterocycles. The highest BCUT2D eigenvalue weighted by molar-refractivity contribution is 5.99. The summed E-state index contributed by atoms with van der Waals surface area (Å²) >= 11 is 0. The molecule has 0 radical (unpaired) electrons. The minimum atomic E-state index is -1.09. The van der Waals surface area contributed by atoms with E-state index in [1.807, 2.05) is 30.3 Å². The highest BCUT2D eigenvalue weighted by Gasteiger charge is 2.17. The Morgan fingerprint density at radius 3 is 2.50 bits per heavy atom.